The lowest BCUT2D eigenvalue weighted by atomic mass is 10.2. The van der Waals surface area contributed by atoms with Crippen LogP contribution in [0.2, 0.25) is 0 Å². The van der Waals surface area contributed by atoms with E-state index in [1.54, 1.807) is 18.3 Å². The van der Waals surface area contributed by atoms with Crippen molar-refractivity contribution >= 4 is 17.8 Å². The van der Waals surface area contributed by atoms with Crippen LogP contribution >= 0.6 is 0 Å². The molecule has 0 aliphatic carbocycles. The van der Waals surface area contributed by atoms with Crippen LogP contribution < -0.4 is 10.3 Å². The SMILES string of the molecule is CN(C)c1ccc(/C=N\NC(=O)c2cccc(O)c2)cc1. The van der Waals surface area contributed by atoms with Crippen LogP contribution in [-0.2, 0) is 0 Å². The summed E-state index contributed by atoms with van der Waals surface area (Å²) in [6.07, 6.45) is 1.57. The minimum atomic E-state index is -0.368. The van der Waals surface area contributed by atoms with Crippen LogP contribution in [0, 0.1) is 0 Å². The van der Waals surface area contributed by atoms with Crippen LogP contribution in [0.15, 0.2) is 53.6 Å². The second-order valence-corrected chi connectivity index (χ2v) is 4.74. The van der Waals surface area contributed by atoms with Gasteiger partial charge in [0.1, 0.15) is 5.75 Å². The van der Waals surface area contributed by atoms with Gasteiger partial charge in [-0.3, -0.25) is 4.79 Å². The van der Waals surface area contributed by atoms with Crippen molar-refractivity contribution in [2.75, 3.05) is 19.0 Å². The summed E-state index contributed by atoms with van der Waals surface area (Å²) in [4.78, 5) is 13.8. The zero-order chi connectivity index (χ0) is 15.2. The number of phenols is 1. The highest BCUT2D eigenvalue weighted by Crippen LogP contribution is 2.11. The van der Waals surface area contributed by atoms with E-state index < -0.39 is 0 Å². The number of amides is 1. The fourth-order valence-corrected chi connectivity index (χ4v) is 1.74. The van der Waals surface area contributed by atoms with Crippen molar-refractivity contribution in [1.29, 1.82) is 0 Å². The van der Waals surface area contributed by atoms with Crippen molar-refractivity contribution in [3.63, 3.8) is 0 Å². The smallest absolute Gasteiger partial charge is 0.271 e. The average molecular weight is 283 g/mol. The Labute approximate surface area is 123 Å². The third-order valence-corrected chi connectivity index (χ3v) is 2.90. The summed E-state index contributed by atoms with van der Waals surface area (Å²) >= 11 is 0. The topological polar surface area (TPSA) is 64.9 Å². The molecule has 0 aliphatic rings. The number of benzene rings is 2. The summed E-state index contributed by atoms with van der Waals surface area (Å²) in [7, 11) is 3.94. The molecule has 108 valence electrons. The fourth-order valence-electron chi connectivity index (χ4n) is 1.74. The van der Waals surface area contributed by atoms with Gasteiger partial charge in [-0.1, -0.05) is 18.2 Å². The summed E-state index contributed by atoms with van der Waals surface area (Å²) in [6, 6.07) is 13.9. The lowest BCUT2D eigenvalue weighted by Gasteiger charge is -2.11. The molecule has 5 heteroatoms. The van der Waals surface area contributed by atoms with E-state index in [2.05, 4.69) is 10.5 Å². The Balaban J connectivity index is 1.97. The van der Waals surface area contributed by atoms with E-state index in [1.165, 1.54) is 12.1 Å². The number of hydrazone groups is 1. The largest absolute Gasteiger partial charge is 0.508 e. The molecule has 0 saturated carbocycles. The Morgan fingerprint density at radius 1 is 1.19 bits per heavy atom. The van der Waals surface area contributed by atoms with Crippen molar-refractivity contribution in [3.8, 4) is 5.75 Å². The highest BCUT2D eigenvalue weighted by molar-refractivity contribution is 5.95. The van der Waals surface area contributed by atoms with Crippen LogP contribution in [0.5, 0.6) is 5.75 Å². The summed E-state index contributed by atoms with van der Waals surface area (Å²) in [5, 5.41) is 13.2. The van der Waals surface area contributed by atoms with E-state index in [1.807, 2.05) is 43.3 Å². The zero-order valence-corrected chi connectivity index (χ0v) is 11.9. The number of hydrogen-bond acceptors (Lipinski definition) is 4. The Bertz CT molecular complexity index is 649. The molecule has 0 saturated heterocycles. The predicted molar refractivity (Wildman–Crippen MR) is 83.9 cm³/mol. The average Bonchev–Trinajstić information content (AvgIpc) is 2.47. The first-order chi connectivity index (χ1) is 10.1. The maximum absolute atomic E-state index is 11.8. The molecule has 5 nitrogen and oxygen atoms in total. The van der Waals surface area contributed by atoms with Gasteiger partial charge in [-0.2, -0.15) is 5.10 Å². The number of carbonyl (C=O) groups excluding carboxylic acids is 1. The minimum absolute atomic E-state index is 0.0471. The number of nitrogens with one attached hydrogen (secondary N) is 1. The van der Waals surface area contributed by atoms with E-state index in [-0.39, 0.29) is 11.7 Å². The first kappa shape index (κ1) is 14.6. The molecule has 0 bridgehead atoms. The third-order valence-electron chi connectivity index (χ3n) is 2.90. The molecule has 0 spiro atoms. The van der Waals surface area contributed by atoms with Gasteiger partial charge in [0.2, 0.25) is 0 Å². The molecule has 21 heavy (non-hydrogen) atoms. The number of anilines is 1. The van der Waals surface area contributed by atoms with E-state index >= 15 is 0 Å². The van der Waals surface area contributed by atoms with Gasteiger partial charge in [-0.15, -0.1) is 0 Å². The molecular weight excluding hydrogens is 266 g/mol. The number of carbonyl (C=O) groups is 1. The van der Waals surface area contributed by atoms with Gasteiger partial charge >= 0.3 is 0 Å². The monoisotopic (exact) mass is 283 g/mol. The van der Waals surface area contributed by atoms with Crippen molar-refractivity contribution < 1.29 is 9.90 Å². The van der Waals surface area contributed by atoms with Crippen molar-refractivity contribution in [2.24, 2.45) is 5.10 Å². The van der Waals surface area contributed by atoms with Gasteiger partial charge in [0.15, 0.2) is 0 Å². The molecular formula is C16H17N3O2. The molecule has 1 amide bonds. The second-order valence-electron chi connectivity index (χ2n) is 4.74. The Morgan fingerprint density at radius 3 is 2.52 bits per heavy atom. The minimum Gasteiger partial charge on any atom is -0.508 e. The first-order valence-corrected chi connectivity index (χ1v) is 6.46. The Morgan fingerprint density at radius 2 is 1.90 bits per heavy atom. The van der Waals surface area contributed by atoms with E-state index in [0.717, 1.165) is 11.3 Å². The van der Waals surface area contributed by atoms with Crippen LogP contribution in [0.25, 0.3) is 0 Å². The second kappa shape index (κ2) is 6.56. The molecule has 0 aromatic heterocycles. The fraction of sp³-hybridized carbons (Fsp3) is 0.125. The predicted octanol–water partition coefficient (Wildman–Crippen LogP) is 2.22. The van der Waals surface area contributed by atoms with Gasteiger partial charge in [0.05, 0.1) is 6.21 Å². The Kier molecular flexibility index (Phi) is 4.56. The summed E-state index contributed by atoms with van der Waals surface area (Å²) < 4.78 is 0. The first-order valence-electron chi connectivity index (χ1n) is 6.46. The van der Waals surface area contributed by atoms with Crippen LogP contribution in [0.1, 0.15) is 15.9 Å². The molecule has 2 aromatic rings. The number of hydrogen-bond donors (Lipinski definition) is 2. The molecule has 2 aromatic carbocycles. The van der Waals surface area contributed by atoms with Crippen LogP contribution in [-0.4, -0.2) is 31.3 Å². The van der Waals surface area contributed by atoms with Gasteiger partial charge in [0, 0.05) is 25.3 Å². The van der Waals surface area contributed by atoms with Crippen molar-refractivity contribution in [2.45, 2.75) is 0 Å². The molecule has 0 radical (unpaired) electrons. The zero-order valence-electron chi connectivity index (χ0n) is 11.9. The van der Waals surface area contributed by atoms with Crippen molar-refractivity contribution in [1.82, 2.24) is 5.43 Å². The van der Waals surface area contributed by atoms with Crippen LogP contribution in [0.3, 0.4) is 0 Å². The van der Waals surface area contributed by atoms with Crippen molar-refractivity contribution in [3.05, 3.63) is 59.7 Å². The molecule has 0 fully saturated rings. The standard InChI is InChI=1S/C16H17N3O2/c1-19(2)14-8-6-12(7-9-14)11-17-18-16(21)13-4-3-5-15(20)10-13/h3-11,20H,1-2H3,(H,18,21)/b17-11-. The van der Waals surface area contributed by atoms with E-state index in [0.29, 0.717) is 5.56 Å². The maximum Gasteiger partial charge on any atom is 0.271 e. The number of rotatable bonds is 4. The molecule has 2 rings (SSSR count). The van der Waals surface area contributed by atoms with Gasteiger partial charge < -0.3 is 10.0 Å². The van der Waals surface area contributed by atoms with Gasteiger partial charge in [-0.05, 0) is 35.9 Å². The maximum atomic E-state index is 11.8. The highest BCUT2D eigenvalue weighted by atomic mass is 16.3. The van der Waals surface area contributed by atoms with Gasteiger partial charge in [0.25, 0.3) is 5.91 Å². The molecule has 2 N–H and O–H groups in total. The summed E-state index contributed by atoms with van der Waals surface area (Å²) in [5.41, 5.74) is 4.76. The molecule has 0 unspecified atom stereocenters. The number of aromatic hydroxyl groups is 1. The quantitative estimate of drug-likeness (QED) is 0.668. The normalized spacial score (nSPS) is 10.6. The molecule has 0 heterocycles. The number of nitrogens with zero attached hydrogens (tertiary/aromatic N) is 2. The highest BCUT2D eigenvalue weighted by Gasteiger charge is 2.04. The van der Waals surface area contributed by atoms with Crippen LogP contribution in [0.4, 0.5) is 5.69 Å². The molecule has 0 atom stereocenters. The summed E-state index contributed by atoms with van der Waals surface area (Å²) in [5.74, 6) is -0.321. The number of phenolic OH excluding ortho intramolecular Hbond substituents is 1. The lowest BCUT2D eigenvalue weighted by molar-refractivity contribution is 0.0954. The van der Waals surface area contributed by atoms with E-state index in [9.17, 15) is 9.90 Å². The third kappa shape index (κ3) is 4.07. The Hall–Kier alpha value is -2.82. The van der Waals surface area contributed by atoms with Gasteiger partial charge in [-0.25, -0.2) is 5.43 Å². The van der Waals surface area contributed by atoms with E-state index in [4.69, 9.17) is 0 Å². The lowest BCUT2D eigenvalue weighted by Crippen LogP contribution is -2.17. The molecule has 0 aliphatic heterocycles. The summed E-state index contributed by atoms with van der Waals surface area (Å²) in [6.45, 7) is 0.